The Balaban J connectivity index is 1.22. The Bertz CT molecular complexity index is 2230. The highest BCUT2D eigenvalue weighted by Gasteiger charge is 2.22. The maximum absolute atomic E-state index is 4.48. The van der Waals surface area contributed by atoms with E-state index in [9.17, 15) is 0 Å². The number of thiophene rings is 1. The molecular weight excluding hydrogens is 557 g/mol. The van der Waals surface area contributed by atoms with Crippen LogP contribution in [-0.4, -0.2) is 0 Å². The maximum Gasteiger partial charge on any atom is 0.0355 e. The molecule has 0 fully saturated rings. The first kappa shape index (κ1) is 26.3. The van der Waals surface area contributed by atoms with E-state index in [1.54, 1.807) is 0 Å². The molecule has 8 rings (SSSR count). The molecule has 0 amide bonds. The summed E-state index contributed by atoms with van der Waals surface area (Å²) in [6.07, 6.45) is 0.954. The van der Waals surface area contributed by atoms with Crippen molar-refractivity contribution in [3.05, 3.63) is 161 Å². The molecule has 0 saturated carbocycles. The topological polar surface area (TPSA) is 0 Å². The van der Waals surface area contributed by atoms with E-state index < -0.39 is 0 Å². The Hall–Kier alpha value is -4.37. The summed E-state index contributed by atoms with van der Waals surface area (Å²) in [6.45, 7) is 8.96. The van der Waals surface area contributed by atoms with Crippen LogP contribution in [0.1, 0.15) is 33.4 Å². The van der Waals surface area contributed by atoms with Gasteiger partial charge in [0.1, 0.15) is 0 Å². The molecule has 206 valence electrons. The summed E-state index contributed by atoms with van der Waals surface area (Å²) in [5, 5.41) is 2.65. The van der Waals surface area contributed by atoms with Gasteiger partial charge in [0, 0.05) is 30.0 Å². The number of aryl methyl sites for hydroxylation is 1. The second kappa shape index (κ2) is 10.4. The van der Waals surface area contributed by atoms with Gasteiger partial charge in [0.15, 0.2) is 0 Å². The Morgan fingerprint density at radius 2 is 1.16 bits per heavy atom. The highest BCUT2D eigenvalue weighted by Crippen LogP contribution is 2.49. The molecule has 2 heterocycles. The van der Waals surface area contributed by atoms with Crippen LogP contribution in [0, 0.1) is 13.8 Å². The van der Waals surface area contributed by atoms with Crippen LogP contribution in [-0.2, 0) is 6.42 Å². The minimum Gasteiger partial charge on any atom is -0.135 e. The van der Waals surface area contributed by atoms with Gasteiger partial charge in [-0.1, -0.05) is 109 Å². The van der Waals surface area contributed by atoms with Crippen molar-refractivity contribution in [3.63, 3.8) is 0 Å². The monoisotopic (exact) mass is 586 g/mol. The van der Waals surface area contributed by atoms with Crippen molar-refractivity contribution in [2.75, 3.05) is 0 Å². The maximum atomic E-state index is 4.48. The first-order chi connectivity index (χ1) is 21.0. The normalized spacial score (nSPS) is 12.5. The molecule has 0 spiro atoms. The third kappa shape index (κ3) is 4.45. The van der Waals surface area contributed by atoms with E-state index in [1.165, 1.54) is 85.6 Å². The molecule has 0 radical (unpaired) electrons. The van der Waals surface area contributed by atoms with Crippen LogP contribution in [0.15, 0.2) is 138 Å². The molecule has 1 aromatic heterocycles. The molecule has 2 heteroatoms. The summed E-state index contributed by atoms with van der Waals surface area (Å²) in [5.41, 5.74) is 14.2. The Kier molecular flexibility index (Phi) is 6.36. The van der Waals surface area contributed by atoms with Gasteiger partial charge in [-0.3, -0.25) is 0 Å². The van der Waals surface area contributed by atoms with E-state index >= 15 is 0 Å². The highest BCUT2D eigenvalue weighted by molar-refractivity contribution is 7.99. The average Bonchev–Trinajstić information content (AvgIpc) is 3.40. The fourth-order valence-electron chi connectivity index (χ4n) is 6.49. The van der Waals surface area contributed by atoms with Crippen LogP contribution in [0.4, 0.5) is 0 Å². The lowest BCUT2D eigenvalue weighted by Gasteiger charge is -2.23. The van der Waals surface area contributed by atoms with Crippen molar-refractivity contribution >= 4 is 48.8 Å². The van der Waals surface area contributed by atoms with Gasteiger partial charge in [-0.25, -0.2) is 0 Å². The average molecular weight is 587 g/mol. The van der Waals surface area contributed by atoms with Crippen molar-refractivity contribution < 1.29 is 0 Å². The molecule has 1 aliphatic rings. The van der Waals surface area contributed by atoms with Crippen LogP contribution in [0.2, 0.25) is 0 Å². The van der Waals surface area contributed by atoms with Gasteiger partial charge in [-0.2, -0.15) is 0 Å². The van der Waals surface area contributed by atoms with Crippen molar-refractivity contribution in [2.45, 2.75) is 30.1 Å². The number of hydrogen-bond donors (Lipinski definition) is 0. The van der Waals surface area contributed by atoms with Crippen LogP contribution in [0.3, 0.4) is 0 Å². The van der Waals surface area contributed by atoms with E-state index in [1.807, 2.05) is 23.1 Å². The molecule has 0 N–H and O–H groups in total. The van der Waals surface area contributed by atoms with Crippen LogP contribution >= 0.6 is 23.1 Å². The van der Waals surface area contributed by atoms with Crippen molar-refractivity contribution in [1.82, 2.24) is 0 Å². The molecule has 0 nitrogen and oxygen atoms in total. The lowest BCUT2D eigenvalue weighted by Crippen LogP contribution is -1.99. The Morgan fingerprint density at radius 3 is 1.95 bits per heavy atom. The molecule has 0 aliphatic carbocycles. The highest BCUT2D eigenvalue weighted by atomic mass is 32.2. The lowest BCUT2D eigenvalue weighted by atomic mass is 9.91. The van der Waals surface area contributed by atoms with Crippen LogP contribution < -0.4 is 0 Å². The summed E-state index contributed by atoms with van der Waals surface area (Å²) < 4.78 is 2.66. The van der Waals surface area contributed by atoms with Gasteiger partial charge in [-0.05, 0) is 112 Å². The minimum atomic E-state index is 0.954. The molecule has 0 atom stereocenters. The summed E-state index contributed by atoms with van der Waals surface area (Å²) in [6, 6.07) is 44.8. The first-order valence-corrected chi connectivity index (χ1v) is 16.4. The molecule has 0 saturated heterocycles. The van der Waals surface area contributed by atoms with Gasteiger partial charge >= 0.3 is 0 Å². The zero-order valence-corrected chi connectivity index (χ0v) is 25.9. The SMILES string of the molecule is C=C1c2ccccc2Sc2c1cccc2-c1ccc2sc3ccc(-c4cccc(Cc5ccccc5C)c4C)cc3c2c1. The largest absolute Gasteiger partial charge is 0.135 e. The summed E-state index contributed by atoms with van der Waals surface area (Å²) in [7, 11) is 0. The molecule has 6 aromatic carbocycles. The number of rotatable bonds is 4. The predicted octanol–water partition coefficient (Wildman–Crippen LogP) is 12.1. The number of fused-ring (bicyclic) bond motifs is 5. The van der Waals surface area contributed by atoms with Crippen LogP contribution in [0.25, 0.3) is 48.0 Å². The smallest absolute Gasteiger partial charge is 0.0355 e. The third-order valence-electron chi connectivity index (χ3n) is 8.94. The molecule has 7 aromatic rings. The van der Waals surface area contributed by atoms with Gasteiger partial charge < -0.3 is 0 Å². The third-order valence-corrected chi connectivity index (χ3v) is 11.3. The number of hydrogen-bond acceptors (Lipinski definition) is 2. The van der Waals surface area contributed by atoms with Crippen LogP contribution in [0.5, 0.6) is 0 Å². The minimum absolute atomic E-state index is 0.954. The van der Waals surface area contributed by atoms with E-state index in [-0.39, 0.29) is 0 Å². The number of benzene rings is 6. The molecular formula is C41H30S2. The molecule has 43 heavy (non-hydrogen) atoms. The zero-order valence-electron chi connectivity index (χ0n) is 24.3. The second-order valence-electron chi connectivity index (χ2n) is 11.5. The van der Waals surface area contributed by atoms with E-state index in [2.05, 4.69) is 142 Å². The quantitative estimate of drug-likeness (QED) is 0.198. The van der Waals surface area contributed by atoms with E-state index in [4.69, 9.17) is 0 Å². The lowest BCUT2D eigenvalue weighted by molar-refractivity contribution is 1.13. The summed E-state index contributed by atoms with van der Waals surface area (Å²) in [4.78, 5) is 2.58. The van der Waals surface area contributed by atoms with Gasteiger partial charge in [0.25, 0.3) is 0 Å². The summed E-state index contributed by atoms with van der Waals surface area (Å²) >= 11 is 3.75. The fraction of sp³-hybridized carbons (Fsp3) is 0.0732. The zero-order chi connectivity index (χ0) is 29.1. The Labute approximate surface area is 261 Å². The molecule has 0 bridgehead atoms. The fourth-order valence-corrected chi connectivity index (χ4v) is 8.82. The van der Waals surface area contributed by atoms with Crippen molar-refractivity contribution in [2.24, 2.45) is 0 Å². The summed E-state index contributed by atoms with van der Waals surface area (Å²) in [5.74, 6) is 0. The predicted molar refractivity (Wildman–Crippen MR) is 188 cm³/mol. The van der Waals surface area contributed by atoms with E-state index in [0.717, 1.165) is 12.0 Å². The van der Waals surface area contributed by atoms with Gasteiger partial charge in [0.2, 0.25) is 0 Å². The van der Waals surface area contributed by atoms with Crippen molar-refractivity contribution in [1.29, 1.82) is 0 Å². The van der Waals surface area contributed by atoms with E-state index in [0.29, 0.717) is 0 Å². The van der Waals surface area contributed by atoms with Crippen molar-refractivity contribution in [3.8, 4) is 22.3 Å². The second-order valence-corrected chi connectivity index (χ2v) is 13.6. The van der Waals surface area contributed by atoms with Gasteiger partial charge in [0.05, 0.1) is 0 Å². The molecule has 1 aliphatic heterocycles. The standard InChI is InChI=1S/C41H30S2/c1-25-10-4-5-11-28(25)22-29-12-8-14-32(26(29)2)30-18-20-39-36(23-30)37-24-31(19-21-40(37)42-39)35-16-9-15-34-27(3)33-13-6-7-17-38(33)43-41(34)35/h4-21,23-24H,3,22H2,1-2H3. The molecule has 0 unspecified atom stereocenters. The van der Waals surface area contributed by atoms with Gasteiger partial charge in [-0.15, -0.1) is 11.3 Å². The Morgan fingerprint density at radius 1 is 0.558 bits per heavy atom. The first-order valence-electron chi connectivity index (χ1n) is 14.7.